The van der Waals surface area contributed by atoms with Crippen LogP contribution in [0.2, 0.25) is 0 Å². The Balaban J connectivity index is 2.73. The number of ether oxygens (including phenoxy) is 1. The highest BCUT2D eigenvalue weighted by atomic mass is 79.9. The van der Waals surface area contributed by atoms with Crippen LogP contribution >= 0.6 is 15.9 Å². The number of rotatable bonds is 5. The minimum atomic E-state index is 0.264. The van der Waals surface area contributed by atoms with E-state index in [0.717, 1.165) is 16.6 Å². The summed E-state index contributed by atoms with van der Waals surface area (Å²) in [4.78, 5) is 0. The summed E-state index contributed by atoms with van der Waals surface area (Å²) in [5.74, 6) is 3.51. The maximum absolute atomic E-state index is 5.29. The van der Waals surface area contributed by atoms with Crippen molar-refractivity contribution in [3.63, 3.8) is 0 Å². The van der Waals surface area contributed by atoms with Gasteiger partial charge in [-0.1, -0.05) is 6.07 Å². The summed E-state index contributed by atoms with van der Waals surface area (Å²) in [5, 5.41) is 3.46. The van der Waals surface area contributed by atoms with E-state index in [-0.39, 0.29) is 6.04 Å². The molecular formula is C14H18BrNO. The number of methoxy groups -OCH3 is 1. The smallest absolute Gasteiger partial charge is 0.133 e. The maximum atomic E-state index is 5.29. The Morgan fingerprint density at radius 1 is 1.47 bits per heavy atom. The molecule has 0 aliphatic heterocycles. The Labute approximate surface area is 112 Å². The van der Waals surface area contributed by atoms with E-state index in [1.54, 1.807) is 7.11 Å². The minimum absolute atomic E-state index is 0.264. The van der Waals surface area contributed by atoms with E-state index in [0.29, 0.717) is 6.04 Å². The molecule has 0 spiro atoms. The van der Waals surface area contributed by atoms with Gasteiger partial charge >= 0.3 is 0 Å². The van der Waals surface area contributed by atoms with E-state index >= 15 is 0 Å². The number of hydrogen-bond donors (Lipinski definition) is 1. The summed E-state index contributed by atoms with van der Waals surface area (Å²) in [6.07, 6.45) is 6.03. The van der Waals surface area contributed by atoms with Crippen LogP contribution in [0.3, 0.4) is 0 Å². The average Bonchev–Trinajstić information content (AvgIpc) is 2.29. The summed E-state index contributed by atoms with van der Waals surface area (Å²) >= 11 is 3.49. The van der Waals surface area contributed by atoms with Crippen molar-refractivity contribution >= 4 is 15.9 Å². The number of benzene rings is 1. The highest BCUT2D eigenvalue weighted by Crippen LogP contribution is 2.28. The standard InChI is InChI=1S/C14H18BrNO/c1-5-6-10(2)16-11(3)12-7-8-14(17-4)13(15)9-12/h1,7-11,16H,6H2,2-4H3. The van der Waals surface area contributed by atoms with Gasteiger partial charge < -0.3 is 10.1 Å². The topological polar surface area (TPSA) is 21.3 Å². The minimum Gasteiger partial charge on any atom is -0.496 e. The Kier molecular flexibility index (Phi) is 5.54. The molecule has 1 aromatic rings. The third-order valence-electron chi connectivity index (χ3n) is 2.63. The van der Waals surface area contributed by atoms with E-state index < -0.39 is 0 Å². The molecule has 0 bridgehead atoms. The molecule has 2 nitrogen and oxygen atoms in total. The fraction of sp³-hybridized carbons (Fsp3) is 0.429. The molecular weight excluding hydrogens is 278 g/mol. The highest BCUT2D eigenvalue weighted by Gasteiger charge is 2.10. The SMILES string of the molecule is C#CCC(C)NC(C)c1ccc(OC)c(Br)c1. The van der Waals surface area contributed by atoms with Crippen molar-refractivity contribution in [2.24, 2.45) is 0 Å². The molecule has 0 aromatic heterocycles. The van der Waals surface area contributed by atoms with Crippen molar-refractivity contribution in [3.8, 4) is 18.1 Å². The second-order valence-electron chi connectivity index (χ2n) is 4.09. The third-order valence-corrected chi connectivity index (χ3v) is 3.25. The zero-order valence-electron chi connectivity index (χ0n) is 10.5. The third kappa shape index (κ3) is 4.07. The molecule has 1 aromatic carbocycles. The van der Waals surface area contributed by atoms with Crippen LogP contribution in [0, 0.1) is 12.3 Å². The summed E-state index contributed by atoms with van der Waals surface area (Å²) in [7, 11) is 1.66. The van der Waals surface area contributed by atoms with Gasteiger partial charge in [0.05, 0.1) is 11.6 Å². The van der Waals surface area contributed by atoms with Crippen molar-refractivity contribution in [1.29, 1.82) is 0 Å². The van der Waals surface area contributed by atoms with Gasteiger partial charge in [0, 0.05) is 18.5 Å². The van der Waals surface area contributed by atoms with Gasteiger partial charge in [-0.3, -0.25) is 0 Å². The Bertz CT molecular complexity index is 411. The summed E-state index contributed by atoms with van der Waals surface area (Å²) < 4.78 is 6.17. The van der Waals surface area contributed by atoms with Crippen molar-refractivity contribution < 1.29 is 4.74 Å². The first-order chi connectivity index (χ1) is 8.08. The molecule has 2 atom stereocenters. The first-order valence-electron chi connectivity index (χ1n) is 5.61. The summed E-state index contributed by atoms with van der Waals surface area (Å²) in [5.41, 5.74) is 1.21. The monoisotopic (exact) mass is 295 g/mol. The number of hydrogen-bond acceptors (Lipinski definition) is 2. The van der Waals surface area contributed by atoms with Crippen LogP contribution < -0.4 is 10.1 Å². The Morgan fingerprint density at radius 2 is 2.18 bits per heavy atom. The molecule has 0 heterocycles. The second kappa shape index (κ2) is 6.68. The number of nitrogens with one attached hydrogen (secondary N) is 1. The van der Waals surface area contributed by atoms with Gasteiger partial charge in [0.25, 0.3) is 0 Å². The highest BCUT2D eigenvalue weighted by molar-refractivity contribution is 9.10. The van der Waals surface area contributed by atoms with Gasteiger partial charge in [-0.05, 0) is 47.5 Å². The van der Waals surface area contributed by atoms with E-state index in [9.17, 15) is 0 Å². The maximum Gasteiger partial charge on any atom is 0.133 e. The zero-order chi connectivity index (χ0) is 12.8. The molecule has 0 aliphatic rings. The lowest BCUT2D eigenvalue weighted by molar-refractivity contribution is 0.411. The van der Waals surface area contributed by atoms with E-state index in [1.165, 1.54) is 5.56 Å². The van der Waals surface area contributed by atoms with Gasteiger partial charge in [-0.2, -0.15) is 0 Å². The number of terminal acetylenes is 1. The predicted octanol–water partition coefficient (Wildman–Crippen LogP) is 3.52. The summed E-state index contributed by atoms with van der Waals surface area (Å²) in [6, 6.07) is 6.67. The quantitative estimate of drug-likeness (QED) is 0.839. The van der Waals surface area contributed by atoms with Crippen LogP contribution in [0.5, 0.6) is 5.75 Å². The van der Waals surface area contributed by atoms with E-state index in [4.69, 9.17) is 11.2 Å². The van der Waals surface area contributed by atoms with Crippen LogP contribution in [0.4, 0.5) is 0 Å². The molecule has 2 unspecified atom stereocenters. The Morgan fingerprint density at radius 3 is 2.71 bits per heavy atom. The van der Waals surface area contributed by atoms with Crippen LogP contribution in [0.15, 0.2) is 22.7 Å². The fourth-order valence-electron chi connectivity index (χ4n) is 1.71. The van der Waals surface area contributed by atoms with Crippen molar-refractivity contribution in [1.82, 2.24) is 5.32 Å². The van der Waals surface area contributed by atoms with Crippen LogP contribution in [-0.2, 0) is 0 Å². The Hall–Kier alpha value is -0.980. The largest absolute Gasteiger partial charge is 0.496 e. The predicted molar refractivity (Wildman–Crippen MR) is 75.2 cm³/mol. The molecule has 1 rings (SSSR count). The molecule has 92 valence electrons. The second-order valence-corrected chi connectivity index (χ2v) is 4.95. The van der Waals surface area contributed by atoms with Crippen LogP contribution in [0.1, 0.15) is 31.9 Å². The van der Waals surface area contributed by atoms with Crippen molar-refractivity contribution in [3.05, 3.63) is 28.2 Å². The van der Waals surface area contributed by atoms with Gasteiger partial charge in [-0.15, -0.1) is 12.3 Å². The lowest BCUT2D eigenvalue weighted by atomic mass is 10.1. The molecule has 0 radical (unpaired) electrons. The molecule has 0 saturated heterocycles. The van der Waals surface area contributed by atoms with Gasteiger partial charge in [0.15, 0.2) is 0 Å². The first kappa shape index (κ1) is 14.1. The molecule has 0 saturated carbocycles. The normalized spacial score (nSPS) is 13.8. The lowest BCUT2D eigenvalue weighted by Crippen LogP contribution is -2.28. The van der Waals surface area contributed by atoms with Crippen molar-refractivity contribution in [2.45, 2.75) is 32.4 Å². The molecule has 0 fully saturated rings. The van der Waals surface area contributed by atoms with E-state index in [1.807, 2.05) is 6.07 Å². The average molecular weight is 296 g/mol. The van der Waals surface area contributed by atoms with Gasteiger partial charge in [0.2, 0.25) is 0 Å². The fourth-order valence-corrected chi connectivity index (χ4v) is 2.27. The van der Waals surface area contributed by atoms with Gasteiger partial charge in [-0.25, -0.2) is 0 Å². The van der Waals surface area contributed by atoms with Crippen LogP contribution in [-0.4, -0.2) is 13.2 Å². The molecule has 3 heteroatoms. The summed E-state index contributed by atoms with van der Waals surface area (Å²) in [6.45, 7) is 4.22. The molecule has 0 aliphatic carbocycles. The lowest BCUT2D eigenvalue weighted by Gasteiger charge is -2.19. The molecule has 0 amide bonds. The number of halogens is 1. The van der Waals surface area contributed by atoms with Gasteiger partial charge in [0.1, 0.15) is 5.75 Å². The first-order valence-corrected chi connectivity index (χ1v) is 6.40. The zero-order valence-corrected chi connectivity index (χ0v) is 12.0. The van der Waals surface area contributed by atoms with Crippen LogP contribution in [0.25, 0.3) is 0 Å². The van der Waals surface area contributed by atoms with Crippen molar-refractivity contribution in [2.75, 3.05) is 7.11 Å². The molecule has 1 N–H and O–H groups in total. The van der Waals surface area contributed by atoms with E-state index in [2.05, 4.69) is 53.1 Å². The molecule has 17 heavy (non-hydrogen) atoms.